The zero-order chi connectivity index (χ0) is 25.7. The first-order chi connectivity index (χ1) is 17.3. The van der Waals surface area contributed by atoms with Gasteiger partial charge < -0.3 is 35.3 Å². The van der Waals surface area contributed by atoms with Gasteiger partial charge in [0, 0.05) is 35.1 Å². The van der Waals surface area contributed by atoms with Gasteiger partial charge in [-0.25, -0.2) is 0 Å². The molecule has 0 spiro atoms. The molecule has 1 saturated heterocycles. The standard InChI is InChI=1S/C26H27NO9/c1-34-16-4-2-3-13-19(16)25(32)22-21(23(13)30)24(31)14-7-11(15(29)10-28)8-17(20(14)26(22)33)36-18-9-12(27)5-6-35-18/h2-4,11-12,17-18,28,31,33H,5-10,27H2,1H3/t11-,12+,17?,18-/m1/s1. The summed E-state index contributed by atoms with van der Waals surface area (Å²) in [5, 5.41) is 32.2. The van der Waals surface area contributed by atoms with Crippen molar-refractivity contribution in [3.05, 3.63) is 51.6 Å². The number of rotatable bonds is 5. The molecule has 36 heavy (non-hydrogen) atoms. The van der Waals surface area contributed by atoms with Gasteiger partial charge in [-0.05, 0) is 25.3 Å². The maximum atomic E-state index is 13.6. The number of aromatic hydroxyl groups is 2. The van der Waals surface area contributed by atoms with E-state index in [9.17, 15) is 29.7 Å². The van der Waals surface area contributed by atoms with Gasteiger partial charge in [-0.15, -0.1) is 0 Å². The number of hydrogen-bond donors (Lipinski definition) is 4. The molecule has 190 valence electrons. The molecule has 2 aromatic carbocycles. The molecule has 0 bridgehead atoms. The highest BCUT2D eigenvalue weighted by Gasteiger charge is 2.44. The average Bonchev–Trinajstić information content (AvgIpc) is 2.87. The van der Waals surface area contributed by atoms with E-state index in [2.05, 4.69) is 0 Å². The molecular formula is C26H27NO9. The number of Topliss-reactive ketones (excluding diaryl/α,β-unsaturated/α-hetero) is 1. The minimum atomic E-state index is -0.956. The van der Waals surface area contributed by atoms with Crippen molar-refractivity contribution in [3.8, 4) is 17.2 Å². The number of aliphatic hydroxyl groups is 1. The van der Waals surface area contributed by atoms with E-state index in [1.165, 1.54) is 19.2 Å². The summed E-state index contributed by atoms with van der Waals surface area (Å²) in [6.45, 7) is -0.338. The second-order valence-electron chi connectivity index (χ2n) is 9.35. The first-order valence-electron chi connectivity index (χ1n) is 11.8. The zero-order valence-corrected chi connectivity index (χ0v) is 19.7. The van der Waals surface area contributed by atoms with Crippen LogP contribution in [0, 0.1) is 5.92 Å². The van der Waals surface area contributed by atoms with Crippen molar-refractivity contribution >= 4 is 17.3 Å². The normalized spacial score (nSPS) is 25.1. The van der Waals surface area contributed by atoms with E-state index in [1.54, 1.807) is 6.07 Å². The van der Waals surface area contributed by atoms with E-state index >= 15 is 0 Å². The van der Waals surface area contributed by atoms with Crippen molar-refractivity contribution in [2.45, 2.75) is 44.1 Å². The number of aliphatic hydroxyl groups excluding tert-OH is 1. The number of ketones is 3. The molecular weight excluding hydrogens is 470 g/mol. The Bertz CT molecular complexity index is 1270. The van der Waals surface area contributed by atoms with Gasteiger partial charge in [0.15, 0.2) is 17.9 Å². The van der Waals surface area contributed by atoms with Crippen LogP contribution in [-0.2, 0) is 20.7 Å². The lowest BCUT2D eigenvalue weighted by atomic mass is 9.73. The number of benzene rings is 2. The lowest BCUT2D eigenvalue weighted by Gasteiger charge is -2.37. The Balaban J connectivity index is 1.68. The van der Waals surface area contributed by atoms with Gasteiger partial charge >= 0.3 is 0 Å². The van der Waals surface area contributed by atoms with Crippen LogP contribution in [0.1, 0.15) is 68.3 Å². The van der Waals surface area contributed by atoms with Crippen molar-refractivity contribution in [2.24, 2.45) is 11.7 Å². The molecule has 0 radical (unpaired) electrons. The van der Waals surface area contributed by atoms with Gasteiger partial charge in [0.05, 0.1) is 36.5 Å². The molecule has 2 aromatic rings. The third kappa shape index (κ3) is 3.77. The number of carbonyl (C=O) groups excluding carboxylic acids is 3. The molecule has 5 rings (SSSR count). The number of ether oxygens (including phenoxy) is 3. The van der Waals surface area contributed by atoms with Crippen LogP contribution in [0.15, 0.2) is 18.2 Å². The second kappa shape index (κ2) is 9.29. The molecule has 1 fully saturated rings. The van der Waals surface area contributed by atoms with E-state index in [4.69, 9.17) is 19.9 Å². The van der Waals surface area contributed by atoms with Gasteiger partial charge in [0.2, 0.25) is 5.78 Å². The Hall–Kier alpha value is -3.31. The van der Waals surface area contributed by atoms with Gasteiger partial charge in [-0.1, -0.05) is 12.1 Å². The molecule has 0 aromatic heterocycles. The highest BCUT2D eigenvalue weighted by molar-refractivity contribution is 6.31. The molecule has 2 aliphatic carbocycles. The molecule has 3 aliphatic rings. The van der Waals surface area contributed by atoms with Gasteiger partial charge in [-0.2, -0.15) is 0 Å². The van der Waals surface area contributed by atoms with Gasteiger partial charge in [0.1, 0.15) is 23.9 Å². The van der Waals surface area contributed by atoms with E-state index in [0.717, 1.165) is 0 Å². The van der Waals surface area contributed by atoms with E-state index in [1.807, 2.05) is 0 Å². The number of phenolic OH excluding ortho intramolecular Hbond substituents is 2. The first-order valence-corrected chi connectivity index (χ1v) is 11.8. The van der Waals surface area contributed by atoms with Gasteiger partial charge in [-0.3, -0.25) is 14.4 Å². The lowest BCUT2D eigenvalue weighted by Crippen LogP contribution is -2.38. The van der Waals surface area contributed by atoms with Gasteiger partial charge in [0.25, 0.3) is 0 Å². The van der Waals surface area contributed by atoms with Crippen molar-refractivity contribution in [2.75, 3.05) is 20.3 Å². The van der Waals surface area contributed by atoms with E-state index < -0.39 is 53.8 Å². The van der Waals surface area contributed by atoms with Crippen LogP contribution in [0.5, 0.6) is 17.2 Å². The number of methoxy groups -OCH3 is 1. The highest BCUT2D eigenvalue weighted by Crippen LogP contribution is 2.51. The fraction of sp³-hybridized carbons (Fsp3) is 0.423. The molecule has 1 heterocycles. The average molecular weight is 498 g/mol. The molecule has 0 amide bonds. The van der Waals surface area contributed by atoms with Crippen molar-refractivity contribution in [1.29, 1.82) is 0 Å². The fourth-order valence-corrected chi connectivity index (χ4v) is 5.44. The third-order valence-corrected chi connectivity index (χ3v) is 7.25. The minimum absolute atomic E-state index is 0.00431. The smallest absolute Gasteiger partial charge is 0.202 e. The number of phenols is 2. The molecule has 4 atom stereocenters. The summed E-state index contributed by atoms with van der Waals surface area (Å²) in [5.41, 5.74) is 5.66. The topological polar surface area (TPSA) is 166 Å². The number of fused-ring (bicyclic) bond motifs is 3. The predicted molar refractivity (Wildman–Crippen MR) is 124 cm³/mol. The Kier molecular flexibility index (Phi) is 6.29. The lowest BCUT2D eigenvalue weighted by molar-refractivity contribution is -0.198. The summed E-state index contributed by atoms with van der Waals surface area (Å²) in [7, 11) is 1.37. The van der Waals surface area contributed by atoms with Crippen LogP contribution < -0.4 is 10.5 Å². The summed E-state index contributed by atoms with van der Waals surface area (Å²) in [4.78, 5) is 39.5. The molecule has 10 heteroatoms. The monoisotopic (exact) mass is 497 g/mol. The predicted octanol–water partition coefficient (Wildman–Crippen LogP) is 1.53. The quantitative estimate of drug-likeness (QED) is 0.380. The van der Waals surface area contributed by atoms with Crippen LogP contribution in [0.25, 0.3) is 0 Å². The molecule has 0 saturated carbocycles. The summed E-state index contributed by atoms with van der Waals surface area (Å²) in [5.74, 6) is -3.35. The van der Waals surface area contributed by atoms with Crippen LogP contribution in [0.4, 0.5) is 0 Å². The zero-order valence-electron chi connectivity index (χ0n) is 19.7. The SMILES string of the molecule is COc1cccc2c1C(=O)c1c(O)c3c(c(O)c1C2=O)C[C@@H](C(=O)CO)CC3O[C@@H]1C[C@@H](N)CCO1. The molecule has 1 unspecified atom stereocenters. The first kappa shape index (κ1) is 24.4. The minimum Gasteiger partial charge on any atom is -0.507 e. The largest absolute Gasteiger partial charge is 0.507 e. The summed E-state index contributed by atoms with van der Waals surface area (Å²) < 4.78 is 17.1. The Morgan fingerprint density at radius 3 is 2.56 bits per heavy atom. The summed E-state index contributed by atoms with van der Waals surface area (Å²) >= 11 is 0. The number of nitrogens with two attached hydrogens (primary N) is 1. The van der Waals surface area contributed by atoms with Crippen molar-refractivity contribution in [1.82, 2.24) is 0 Å². The maximum Gasteiger partial charge on any atom is 0.202 e. The highest BCUT2D eigenvalue weighted by atomic mass is 16.7. The Morgan fingerprint density at radius 2 is 1.86 bits per heavy atom. The third-order valence-electron chi connectivity index (χ3n) is 7.25. The summed E-state index contributed by atoms with van der Waals surface area (Å²) in [6.07, 6.45) is -0.615. The maximum absolute atomic E-state index is 13.6. The Labute approximate surface area is 206 Å². The fourth-order valence-electron chi connectivity index (χ4n) is 5.44. The Morgan fingerprint density at radius 1 is 1.11 bits per heavy atom. The number of carbonyl (C=O) groups is 3. The number of hydrogen-bond acceptors (Lipinski definition) is 10. The van der Waals surface area contributed by atoms with Crippen molar-refractivity contribution < 1.29 is 43.9 Å². The molecule has 5 N–H and O–H groups in total. The molecule has 1 aliphatic heterocycles. The van der Waals surface area contributed by atoms with Crippen molar-refractivity contribution in [3.63, 3.8) is 0 Å². The van der Waals surface area contributed by atoms with Crippen LogP contribution in [0.2, 0.25) is 0 Å². The van der Waals surface area contributed by atoms with Crippen LogP contribution in [0.3, 0.4) is 0 Å². The van der Waals surface area contributed by atoms with Crippen LogP contribution >= 0.6 is 0 Å². The molecule has 10 nitrogen and oxygen atoms in total. The van der Waals surface area contributed by atoms with E-state index in [0.29, 0.717) is 19.4 Å². The van der Waals surface area contributed by atoms with E-state index in [-0.39, 0.29) is 58.0 Å². The summed E-state index contributed by atoms with van der Waals surface area (Å²) in [6, 6.07) is 4.38. The van der Waals surface area contributed by atoms with Crippen LogP contribution in [-0.4, -0.2) is 65.3 Å². The second-order valence-corrected chi connectivity index (χ2v) is 9.35.